The van der Waals surface area contributed by atoms with E-state index in [1.165, 1.54) is 11.1 Å². The summed E-state index contributed by atoms with van der Waals surface area (Å²) in [5, 5.41) is 12.3. The van der Waals surface area contributed by atoms with E-state index < -0.39 is 5.60 Å². The van der Waals surface area contributed by atoms with E-state index in [0.717, 1.165) is 40.6 Å². The Balaban J connectivity index is 1.47. The molecule has 3 heteroatoms. The summed E-state index contributed by atoms with van der Waals surface area (Å²) in [4.78, 5) is 4.71. The van der Waals surface area contributed by atoms with Crippen LogP contribution >= 0.6 is 11.6 Å². The number of pyridine rings is 1. The van der Waals surface area contributed by atoms with Crippen LogP contribution < -0.4 is 0 Å². The predicted molar refractivity (Wildman–Crippen MR) is 141 cm³/mol. The van der Waals surface area contributed by atoms with Gasteiger partial charge in [-0.05, 0) is 79.1 Å². The number of aromatic nitrogens is 1. The van der Waals surface area contributed by atoms with Gasteiger partial charge in [0.2, 0.25) is 0 Å². The van der Waals surface area contributed by atoms with Gasteiger partial charge in [-0.15, -0.1) is 0 Å². The molecule has 1 aromatic heterocycles. The Kier molecular flexibility index (Phi) is 6.97. The molecule has 3 aromatic carbocycles. The normalized spacial score (nSPS) is 13.0. The number of hydrogen-bond acceptors (Lipinski definition) is 2. The Morgan fingerprint density at radius 1 is 0.939 bits per heavy atom. The Hall–Kier alpha value is -2.94. The van der Waals surface area contributed by atoms with Crippen molar-refractivity contribution in [3.63, 3.8) is 0 Å². The molecule has 1 heterocycles. The van der Waals surface area contributed by atoms with Gasteiger partial charge < -0.3 is 5.11 Å². The van der Waals surface area contributed by atoms with Crippen LogP contribution in [0.1, 0.15) is 61.1 Å². The Morgan fingerprint density at radius 3 is 2.55 bits per heavy atom. The average molecular weight is 456 g/mol. The van der Waals surface area contributed by atoms with Gasteiger partial charge in [0.05, 0.1) is 16.8 Å². The van der Waals surface area contributed by atoms with Gasteiger partial charge in [0.15, 0.2) is 0 Å². The molecule has 0 saturated carbocycles. The highest BCUT2D eigenvalue weighted by atomic mass is 35.5. The Labute approximate surface area is 201 Å². The van der Waals surface area contributed by atoms with Gasteiger partial charge in [0.25, 0.3) is 0 Å². The second-order valence-electron chi connectivity index (χ2n) is 9.23. The van der Waals surface area contributed by atoms with Gasteiger partial charge in [-0.25, -0.2) is 4.98 Å². The first-order valence-corrected chi connectivity index (χ1v) is 11.8. The number of aliphatic hydroxyl groups is 1. The SMILES string of the molecule is C[C@@H](CCc1ccccc1C(C)(C)O)c1cccc(C=Cc2ccc3ccc(Cl)cc3n2)c1. The maximum absolute atomic E-state index is 10.5. The molecular weight excluding hydrogens is 426 g/mol. The lowest BCUT2D eigenvalue weighted by Gasteiger charge is -2.22. The van der Waals surface area contributed by atoms with E-state index in [2.05, 4.69) is 55.5 Å². The molecule has 0 fully saturated rings. The van der Waals surface area contributed by atoms with Crippen LogP contribution in [0.4, 0.5) is 0 Å². The van der Waals surface area contributed by atoms with Crippen LogP contribution in [0.25, 0.3) is 23.1 Å². The average Bonchev–Trinajstić information content (AvgIpc) is 2.80. The molecule has 0 saturated heterocycles. The summed E-state index contributed by atoms with van der Waals surface area (Å²) in [6, 6.07) is 26.8. The molecule has 2 nitrogen and oxygen atoms in total. The van der Waals surface area contributed by atoms with Crippen molar-refractivity contribution >= 4 is 34.7 Å². The van der Waals surface area contributed by atoms with Crippen molar-refractivity contribution in [2.45, 2.75) is 45.1 Å². The summed E-state index contributed by atoms with van der Waals surface area (Å²) in [5.41, 5.74) is 5.69. The van der Waals surface area contributed by atoms with Crippen molar-refractivity contribution in [1.29, 1.82) is 0 Å². The largest absolute Gasteiger partial charge is 0.386 e. The maximum Gasteiger partial charge on any atom is 0.0843 e. The quantitative estimate of drug-likeness (QED) is 0.306. The third-order valence-electron chi connectivity index (χ3n) is 6.13. The summed E-state index contributed by atoms with van der Waals surface area (Å²) in [7, 11) is 0. The number of hydrogen-bond donors (Lipinski definition) is 1. The standard InChI is InChI=1S/C30H30ClNO/c1-21(11-13-23-8-4-5-10-28(23)30(2,3)33)25-9-6-7-22(19-25)12-17-27-18-15-24-14-16-26(31)20-29(24)32-27/h4-10,12,14-21,33H,11,13H2,1-3H3/t21-/m0/s1. The van der Waals surface area contributed by atoms with Gasteiger partial charge in [0, 0.05) is 10.4 Å². The van der Waals surface area contributed by atoms with E-state index in [1.807, 2.05) is 56.3 Å². The molecule has 0 aliphatic heterocycles. The maximum atomic E-state index is 10.5. The Bertz CT molecular complexity index is 1290. The van der Waals surface area contributed by atoms with E-state index in [1.54, 1.807) is 0 Å². The summed E-state index contributed by atoms with van der Waals surface area (Å²) in [5.74, 6) is 0.411. The molecule has 33 heavy (non-hydrogen) atoms. The van der Waals surface area contributed by atoms with Gasteiger partial charge in [-0.3, -0.25) is 0 Å². The summed E-state index contributed by atoms with van der Waals surface area (Å²) in [6.07, 6.45) is 6.11. The molecule has 0 radical (unpaired) electrons. The zero-order chi connectivity index (χ0) is 23.4. The van der Waals surface area contributed by atoms with Gasteiger partial charge in [0.1, 0.15) is 0 Å². The third kappa shape index (κ3) is 5.90. The van der Waals surface area contributed by atoms with Gasteiger partial charge in [-0.2, -0.15) is 0 Å². The number of halogens is 1. The second-order valence-corrected chi connectivity index (χ2v) is 9.67. The molecule has 1 atom stereocenters. The van der Waals surface area contributed by atoms with E-state index in [0.29, 0.717) is 10.9 Å². The highest BCUT2D eigenvalue weighted by Crippen LogP contribution is 2.28. The van der Waals surface area contributed by atoms with Crippen molar-refractivity contribution in [1.82, 2.24) is 4.98 Å². The van der Waals surface area contributed by atoms with Crippen LogP contribution in [0, 0.1) is 0 Å². The number of benzene rings is 3. The molecule has 4 rings (SSSR count). The van der Waals surface area contributed by atoms with Crippen LogP contribution in [0.2, 0.25) is 5.02 Å². The van der Waals surface area contributed by atoms with Crippen molar-refractivity contribution < 1.29 is 5.11 Å². The van der Waals surface area contributed by atoms with Crippen LogP contribution in [0.15, 0.2) is 78.9 Å². The van der Waals surface area contributed by atoms with E-state index >= 15 is 0 Å². The number of nitrogens with zero attached hydrogens (tertiary/aromatic N) is 1. The minimum absolute atomic E-state index is 0.411. The van der Waals surface area contributed by atoms with Gasteiger partial charge in [-0.1, -0.05) is 85.3 Å². The molecule has 168 valence electrons. The number of fused-ring (bicyclic) bond motifs is 1. The lowest BCUT2D eigenvalue weighted by Crippen LogP contribution is -2.18. The van der Waals surface area contributed by atoms with Crippen LogP contribution in [0.3, 0.4) is 0 Å². The molecule has 0 amide bonds. The first-order chi connectivity index (χ1) is 15.8. The first-order valence-electron chi connectivity index (χ1n) is 11.4. The Morgan fingerprint density at radius 2 is 1.73 bits per heavy atom. The number of aryl methyl sites for hydroxylation is 1. The monoisotopic (exact) mass is 455 g/mol. The lowest BCUT2D eigenvalue weighted by molar-refractivity contribution is 0.0775. The van der Waals surface area contributed by atoms with Crippen LogP contribution in [-0.2, 0) is 12.0 Å². The summed E-state index contributed by atoms with van der Waals surface area (Å²) < 4.78 is 0. The van der Waals surface area contributed by atoms with Crippen molar-refractivity contribution in [3.8, 4) is 0 Å². The van der Waals surface area contributed by atoms with E-state index in [9.17, 15) is 5.11 Å². The number of rotatable bonds is 7. The zero-order valence-corrected chi connectivity index (χ0v) is 20.2. The van der Waals surface area contributed by atoms with Crippen molar-refractivity contribution in [2.24, 2.45) is 0 Å². The molecular formula is C30H30ClNO. The molecule has 4 aromatic rings. The molecule has 0 aliphatic rings. The van der Waals surface area contributed by atoms with E-state index in [4.69, 9.17) is 16.6 Å². The molecule has 0 unspecified atom stereocenters. The summed E-state index contributed by atoms with van der Waals surface area (Å²) >= 11 is 6.12. The van der Waals surface area contributed by atoms with Crippen LogP contribution in [-0.4, -0.2) is 10.1 Å². The highest BCUT2D eigenvalue weighted by Gasteiger charge is 2.19. The predicted octanol–water partition coefficient (Wildman–Crippen LogP) is 8.02. The lowest BCUT2D eigenvalue weighted by atomic mass is 9.87. The first kappa shape index (κ1) is 23.2. The van der Waals surface area contributed by atoms with Crippen molar-refractivity contribution in [3.05, 3.63) is 112 Å². The molecule has 0 aliphatic carbocycles. The topological polar surface area (TPSA) is 33.1 Å². The molecule has 1 N–H and O–H groups in total. The fourth-order valence-electron chi connectivity index (χ4n) is 4.22. The third-order valence-corrected chi connectivity index (χ3v) is 6.36. The molecule has 0 bridgehead atoms. The fourth-order valence-corrected chi connectivity index (χ4v) is 4.39. The van der Waals surface area contributed by atoms with Crippen LogP contribution in [0.5, 0.6) is 0 Å². The zero-order valence-electron chi connectivity index (χ0n) is 19.4. The molecule has 0 spiro atoms. The van der Waals surface area contributed by atoms with Crippen molar-refractivity contribution in [2.75, 3.05) is 0 Å². The fraction of sp³-hybridized carbons (Fsp3) is 0.233. The minimum Gasteiger partial charge on any atom is -0.386 e. The van der Waals surface area contributed by atoms with E-state index in [-0.39, 0.29) is 0 Å². The second kappa shape index (κ2) is 9.91. The summed E-state index contributed by atoms with van der Waals surface area (Å²) in [6.45, 7) is 5.97. The van der Waals surface area contributed by atoms with Gasteiger partial charge >= 0.3 is 0 Å². The smallest absolute Gasteiger partial charge is 0.0843 e. The highest BCUT2D eigenvalue weighted by molar-refractivity contribution is 6.31. The minimum atomic E-state index is -0.827.